The maximum Gasteiger partial charge on any atom is 0.238 e. The smallest absolute Gasteiger partial charge is 0.238 e. The van der Waals surface area contributed by atoms with E-state index >= 15 is 0 Å². The van der Waals surface area contributed by atoms with Crippen LogP contribution in [0.25, 0.3) is 0 Å². The van der Waals surface area contributed by atoms with Crippen LogP contribution in [0.15, 0.2) is 42.7 Å². The van der Waals surface area contributed by atoms with Crippen LogP contribution >= 0.6 is 0 Å². The molecule has 7 nitrogen and oxygen atoms in total. The Balaban J connectivity index is 1.39. The number of carbonyl (C=O) groups is 2. The second kappa shape index (κ2) is 7.44. The van der Waals surface area contributed by atoms with Crippen molar-refractivity contribution >= 4 is 11.8 Å². The minimum atomic E-state index is -0.624. The Morgan fingerprint density at radius 2 is 1.89 bits per heavy atom. The van der Waals surface area contributed by atoms with E-state index in [9.17, 15) is 9.59 Å². The maximum absolute atomic E-state index is 12.7. The monoisotopic (exact) mass is 365 g/mol. The van der Waals surface area contributed by atoms with Crippen molar-refractivity contribution < 1.29 is 9.59 Å². The van der Waals surface area contributed by atoms with Gasteiger partial charge in [0.2, 0.25) is 11.8 Å². The minimum absolute atomic E-state index is 0.0858. The number of hydrogen-bond acceptors (Lipinski definition) is 5. The van der Waals surface area contributed by atoms with Crippen LogP contribution in [0.2, 0.25) is 0 Å². The van der Waals surface area contributed by atoms with E-state index in [2.05, 4.69) is 50.2 Å². The number of carbonyl (C=O) groups excluding carboxylic acids is 2. The predicted molar refractivity (Wildman–Crippen MR) is 99.4 cm³/mol. The largest absolute Gasteiger partial charge is 0.348 e. The van der Waals surface area contributed by atoms with Gasteiger partial charge >= 0.3 is 0 Å². The summed E-state index contributed by atoms with van der Waals surface area (Å²) < 4.78 is 0. The lowest BCUT2D eigenvalue weighted by Crippen LogP contribution is -2.56. The van der Waals surface area contributed by atoms with Crippen LogP contribution in [-0.4, -0.2) is 27.8 Å². The first-order valence-corrected chi connectivity index (χ1v) is 9.32. The van der Waals surface area contributed by atoms with Crippen LogP contribution in [-0.2, 0) is 9.59 Å². The van der Waals surface area contributed by atoms with Gasteiger partial charge in [0.05, 0.1) is 18.5 Å². The first-order valence-electron chi connectivity index (χ1n) is 9.32. The third kappa shape index (κ3) is 4.14. The number of aromatic nitrogens is 2. The summed E-state index contributed by atoms with van der Waals surface area (Å²) in [6.07, 6.45) is 5.26. The molecule has 27 heavy (non-hydrogen) atoms. The van der Waals surface area contributed by atoms with Crippen LogP contribution in [0.5, 0.6) is 0 Å². The summed E-state index contributed by atoms with van der Waals surface area (Å²) in [5.41, 5.74) is 2.42. The molecule has 2 amide bonds. The molecule has 2 unspecified atom stereocenters. The zero-order valence-electron chi connectivity index (χ0n) is 15.2. The molecule has 2 heterocycles. The Morgan fingerprint density at radius 3 is 2.56 bits per heavy atom. The lowest BCUT2D eigenvalue weighted by molar-refractivity contribution is -0.132. The molecule has 2 aliphatic rings. The van der Waals surface area contributed by atoms with Gasteiger partial charge in [-0.1, -0.05) is 24.3 Å². The molecule has 140 valence electrons. The molecule has 2 fully saturated rings. The minimum Gasteiger partial charge on any atom is -0.348 e. The third-order valence-corrected chi connectivity index (χ3v) is 5.07. The second-order valence-electron chi connectivity index (χ2n) is 7.20. The zero-order valence-corrected chi connectivity index (χ0v) is 15.2. The Morgan fingerprint density at radius 1 is 1.19 bits per heavy atom. The van der Waals surface area contributed by atoms with Gasteiger partial charge < -0.3 is 10.6 Å². The van der Waals surface area contributed by atoms with Gasteiger partial charge in [0, 0.05) is 12.4 Å². The molecule has 1 aromatic carbocycles. The average Bonchev–Trinajstić information content (AvgIpc) is 3.53. The molecule has 1 aliphatic heterocycles. The van der Waals surface area contributed by atoms with Crippen molar-refractivity contribution in [2.75, 3.05) is 0 Å². The van der Waals surface area contributed by atoms with Gasteiger partial charge in [0.25, 0.3) is 0 Å². The van der Waals surface area contributed by atoms with Gasteiger partial charge in [0.1, 0.15) is 6.17 Å². The number of amides is 2. The lowest BCUT2D eigenvalue weighted by Gasteiger charge is -2.30. The first-order chi connectivity index (χ1) is 13.1. The average molecular weight is 365 g/mol. The summed E-state index contributed by atoms with van der Waals surface area (Å²) >= 11 is 0. The number of rotatable bonds is 5. The van der Waals surface area contributed by atoms with E-state index in [1.807, 2.05) is 6.92 Å². The van der Waals surface area contributed by atoms with E-state index in [1.165, 1.54) is 18.4 Å². The summed E-state index contributed by atoms with van der Waals surface area (Å²) in [4.78, 5) is 33.0. The van der Waals surface area contributed by atoms with Gasteiger partial charge in [-0.05, 0) is 42.9 Å². The van der Waals surface area contributed by atoms with E-state index < -0.39 is 12.2 Å². The Bertz CT molecular complexity index is 820. The first kappa shape index (κ1) is 17.6. The summed E-state index contributed by atoms with van der Waals surface area (Å²) in [5, 5.41) is 8.89. The molecule has 0 bridgehead atoms. The van der Waals surface area contributed by atoms with Gasteiger partial charge in [0.15, 0.2) is 5.82 Å². The summed E-state index contributed by atoms with van der Waals surface area (Å²) in [6.45, 7) is 1.95. The Kier molecular flexibility index (Phi) is 4.85. The fourth-order valence-electron chi connectivity index (χ4n) is 3.35. The van der Waals surface area contributed by atoms with E-state index in [4.69, 9.17) is 0 Å². The molecule has 3 atom stereocenters. The molecule has 7 heteroatoms. The van der Waals surface area contributed by atoms with Crippen molar-refractivity contribution in [3.8, 4) is 0 Å². The van der Waals surface area contributed by atoms with Crippen LogP contribution in [0.3, 0.4) is 0 Å². The quantitative estimate of drug-likeness (QED) is 0.750. The van der Waals surface area contributed by atoms with Crippen LogP contribution in [0, 0.1) is 0 Å². The summed E-state index contributed by atoms with van der Waals surface area (Å²) in [6, 6.07) is 9.37. The highest BCUT2D eigenvalue weighted by atomic mass is 16.2. The molecule has 1 aromatic heterocycles. The van der Waals surface area contributed by atoms with Crippen LogP contribution in [0.4, 0.5) is 0 Å². The second-order valence-corrected chi connectivity index (χ2v) is 7.20. The number of benzene rings is 1. The number of nitrogens with one attached hydrogen (secondary N) is 3. The highest BCUT2D eigenvalue weighted by Gasteiger charge is 2.33. The van der Waals surface area contributed by atoms with Gasteiger partial charge in [-0.2, -0.15) is 0 Å². The van der Waals surface area contributed by atoms with Crippen molar-refractivity contribution in [1.29, 1.82) is 0 Å². The standard InChI is InChI=1S/C20H23N5O2/c1-12(13-3-5-14(6-4-13)15-7-8-15)23-20(27)16-11-17(26)25-19(24-16)18-21-9-2-10-22-18/h2-6,9-10,12,15-16,19,24H,7-8,11H2,1H3,(H,23,27)(H,25,26)/t12-,16?,19?/m1/s1. The van der Waals surface area contributed by atoms with Gasteiger partial charge in [-0.3, -0.25) is 14.9 Å². The van der Waals surface area contributed by atoms with Crippen molar-refractivity contribution in [2.24, 2.45) is 0 Å². The molecular weight excluding hydrogens is 342 g/mol. The van der Waals surface area contributed by atoms with Crippen molar-refractivity contribution in [2.45, 2.75) is 50.4 Å². The molecule has 4 rings (SSSR count). The predicted octanol–water partition coefficient (Wildman–Crippen LogP) is 1.71. The fourth-order valence-corrected chi connectivity index (χ4v) is 3.35. The van der Waals surface area contributed by atoms with E-state index in [0.717, 1.165) is 5.56 Å². The summed E-state index contributed by atoms with van der Waals surface area (Å²) in [7, 11) is 0. The third-order valence-electron chi connectivity index (χ3n) is 5.07. The number of hydrogen-bond donors (Lipinski definition) is 3. The molecule has 0 radical (unpaired) electrons. The van der Waals surface area contributed by atoms with Crippen molar-refractivity contribution in [3.05, 3.63) is 59.7 Å². The molecule has 1 aliphatic carbocycles. The Hall–Kier alpha value is -2.80. The van der Waals surface area contributed by atoms with E-state index in [0.29, 0.717) is 11.7 Å². The molecule has 3 N–H and O–H groups in total. The van der Waals surface area contributed by atoms with E-state index in [-0.39, 0.29) is 24.3 Å². The van der Waals surface area contributed by atoms with E-state index in [1.54, 1.807) is 18.5 Å². The van der Waals surface area contributed by atoms with Gasteiger partial charge in [-0.25, -0.2) is 9.97 Å². The normalized spacial score (nSPS) is 23.4. The topological polar surface area (TPSA) is 96.0 Å². The van der Waals surface area contributed by atoms with Crippen molar-refractivity contribution in [3.63, 3.8) is 0 Å². The lowest BCUT2D eigenvalue weighted by atomic mass is 10.0. The van der Waals surface area contributed by atoms with Crippen LogP contribution < -0.4 is 16.0 Å². The highest BCUT2D eigenvalue weighted by Crippen LogP contribution is 2.40. The molecule has 1 saturated heterocycles. The molecule has 0 spiro atoms. The number of nitrogens with zero attached hydrogens (tertiary/aromatic N) is 2. The Labute approximate surface area is 158 Å². The maximum atomic E-state index is 12.7. The summed E-state index contributed by atoms with van der Waals surface area (Å²) in [5.74, 6) is 0.746. The molecule has 1 saturated carbocycles. The fraction of sp³-hybridized carbons (Fsp3) is 0.400. The molecular formula is C20H23N5O2. The SMILES string of the molecule is C[C@@H](NC(=O)C1CC(=O)NC(c2ncccn2)N1)c1ccc(C2CC2)cc1. The van der Waals surface area contributed by atoms with Crippen LogP contribution in [0.1, 0.15) is 61.3 Å². The molecule has 2 aromatic rings. The highest BCUT2D eigenvalue weighted by molar-refractivity contribution is 5.89. The zero-order chi connectivity index (χ0) is 18.8. The van der Waals surface area contributed by atoms with Crippen molar-refractivity contribution in [1.82, 2.24) is 25.9 Å². The van der Waals surface area contributed by atoms with Gasteiger partial charge in [-0.15, -0.1) is 0 Å².